The number of alkyl halides is 3. The van der Waals surface area contributed by atoms with Gasteiger partial charge in [0.05, 0.1) is 35.8 Å². The molecule has 3 aromatic rings. The number of amides is 2. The van der Waals surface area contributed by atoms with Gasteiger partial charge in [0, 0.05) is 19.3 Å². The Labute approximate surface area is 186 Å². The van der Waals surface area contributed by atoms with Gasteiger partial charge >= 0.3 is 12.2 Å². The molecule has 2 N–H and O–H groups in total. The van der Waals surface area contributed by atoms with Crippen molar-refractivity contribution in [1.82, 2.24) is 30.3 Å². The van der Waals surface area contributed by atoms with E-state index in [1.807, 2.05) is 0 Å². The van der Waals surface area contributed by atoms with E-state index in [9.17, 15) is 18.0 Å². The third-order valence-electron chi connectivity index (χ3n) is 4.14. The highest BCUT2D eigenvalue weighted by atomic mass is 35.5. The number of carbonyl (C=O) groups excluding carboxylic acids is 1. The lowest BCUT2D eigenvalue weighted by molar-refractivity contribution is -0.141. The van der Waals surface area contributed by atoms with E-state index in [-0.39, 0.29) is 28.8 Å². The molecule has 0 bridgehead atoms. The van der Waals surface area contributed by atoms with E-state index in [1.165, 1.54) is 25.4 Å². The lowest BCUT2D eigenvalue weighted by Gasteiger charge is -2.11. The first-order chi connectivity index (χ1) is 15.1. The van der Waals surface area contributed by atoms with Crippen LogP contribution >= 0.6 is 11.6 Å². The average Bonchev–Trinajstić information content (AvgIpc) is 3.08. The van der Waals surface area contributed by atoms with Crippen molar-refractivity contribution in [3.63, 3.8) is 0 Å². The second kappa shape index (κ2) is 9.39. The summed E-state index contributed by atoms with van der Waals surface area (Å²) in [6.45, 7) is 3.77. The minimum Gasteiger partial charge on any atom is -0.478 e. The van der Waals surface area contributed by atoms with Crippen LogP contribution in [0.1, 0.15) is 23.9 Å². The Kier molecular flexibility index (Phi) is 6.82. The van der Waals surface area contributed by atoms with Crippen LogP contribution in [-0.4, -0.2) is 37.6 Å². The van der Waals surface area contributed by atoms with Gasteiger partial charge in [-0.1, -0.05) is 11.6 Å². The first kappa shape index (κ1) is 23.3. The monoisotopic (exact) mass is 469 g/mol. The summed E-state index contributed by atoms with van der Waals surface area (Å²) in [5, 5.41) is 16.7. The molecule has 0 aliphatic heterocycles. The number of ether oxygens (including phenoxy) is 1. The van der Waals surface area contributed by atoms with Crippen molar-refractivity contribution in [2.45, 2.75) is 26.6 Å². The molecule has 9 nitrogen and oxygen atoms in total. The number of aryl methyl sites for hydroxylation is 2. The number of aromatic nitrogens is 5. The second-order valence-corrected chi connectivity index (χ2v) is 7.07. The van der Waals surface area contributed by atoms with E-state index in [0.29, 0.717) is 23.6 Å². The standard InChI is InChI=1S/C19H19ClF3N7O2/c1-4-32-15-7-11(6-14(20)26-15)25-18(31)24-8-12-5-10(2)16(28-27-12)13-9-30(3)29-17(13)19(21,22)23/h5-7,9H,4,8H2,1-3H3,(H2,24,25,26,31). The lowest BCUT2D eigenvalue weighted by Crippen LogP contribution is -2.28. The summed E-state index contributed by atoms with van der Waals surface area (Å²) in [6, 6.07) is 3.96. The third kappa shape index (κ3) is 5.63. The van der Waals surface area contributed by atoms with Crippen molar-refractivity contribution >= 4 is 23.3 Å². The lowest BCUT2D eigenvalue weighted by atomic mass is 10.1. The quantitative estimate of drug-likeness (QED) is 0.529. The molecule has 2 amide bonds. The molecule has 0 aromatic carbocycles. The number of nitrogens with one attached hydrogen (secondary N) is 2. The van der Waals surface area contributed by atoms with Crippen LogP contribution in [0.15, 0.2) is 24.4 Å². The van der Waals surface area contributed by atoms with E-state index in [0.717, 1.165) is 4.68 Å². The number of anilines is 1. The van der Waals surface area contributed by atoms with Crippen molar-refractivity contribution in [3.8, 4) is 17.1 Å². The minimum absolute atomic E-state index is 0.00372. The van der Waals surface area contributed by atoms with Crippen LogP contribution in [0.5, 0.6) is 5.88 Å². The maximum atomic E-state index is 13.2. The Balaban J connectivity index is 1.69. The van der Waals surface area contributed by atoms with Crippen LogP contribution in [0.25, 0.3) is 11.3 Å². The van der Waals surface area contributed by atoms with Gasteiger partial charge in [-0.25, -0.2) is 9.78 Å². The normalized spacial score (nSPS) is 11.3. The van der Waals surface area contributed by atoms with Crippen molar-refractivity contribution in [3.05, 3.63) is 46.5 Å². The molecule has 170 valence electrons. The van der Waals surface area contributed by atoms with Crippen LogP contribution in [0.4, 0.5) is 23.7 Å². The van der Waals surface area contributed by atoms with Crippen LogP contribution in [0.3, 0.4) is 0 Å². The Morgan fingerprint density at radius 2 is 2.00 bits per heavy atom. The smallest absolute Gasteiger partial charge is 0.435 e. The number of carbonyl (C=O) groups is 1. The maximum Gasteiger partial charge on any atom is 0.435 e. The fraction of sp³-hybridized carbons (Fsp3) is 0.316. The van der Waals surface area contributed by atoms with Crippen LogP contribution in [0.2, 0.25) is 5.15 Å². The van der Waals surface area contributed by atoms with Gasteiger partial charge in [-0.3, -0.25) is 4.68 Å². The molecular weight excluding hydrogens is 451 g/mol. The Hall–Kier alpha value is -3.41. The second-order valence-electron chi connectivity index (χ2n) is 6.69. The van der Waals surface area contributed by atoms with Gasteiger partial charge in [0.2, 0.25) is 5.88 Å². The number of hydrogen-bond donors (Lipinski definition) is 2. The third-order valence-corrected chi connectivity index (χ3v) is 4.33. The van der Waals surface area contributed by atoms with Gasteiger partial charge < -0.3 is 15.4 Å². The van der Waals surface area contributed by atoms with Gasteiger partial charge in [0.1, 0.15) is 5.15 Å². The van der Waals surface area contributed by atoms with Crippen LogP contribution in [0, 0.1) is 6.92 Å². The average molecular weight is 470 g/mol. The number of rotatable bonds is 6. The molecule has 0 aliphatic carbocycles. The molecule has 3 aromatic heterocycles. The Morgan fingerprint density at radius 3 is 2.66 bits per heavy atom. The molecule has 0 saturated carbocycles. The molecule has 3 rings (SSSR count). The zero-order valence-electron chi connectivity index (χ0n) is 17.3. The zero-order valence-corrected chi connectivity index (χ0v) is 18.0. The molecule has 0 aliphatic rings. The van der Waals surface area contributed by atoms with Crippen LogP contribution in [-0.2, 0) is 19.8 Å². The predicted molar refractivity (Wildman–Crippen MR) is 110 cm³/mol. The summed E-state index contributed by atoms with van der Waals surface area (Å²) in [6.07, 6.45) is -3.39. The molecule has 0 saturated heterocycles. The van der Waals surface area contributed by atoms with Crippen molar-refractivity contribution in [1.29, 1.82) is 0 Å². The molecule has 13 heteroatoms. The number of hydrogen-bond acceptors (Lipinski definition) is 6. The minimum atomic E-state index is -4.62. The van der Waals surface area contributed by atoms with Gasteiger partial charge in [0.15, 0.2) is 5.69 Å². The van der Waals surface area contributed by atoms with Crippen molar-refractivity contribution < 1.29 is 22.7 Å². The van der Waals surface area contributed by atoms with Gasteiger partial charge in [-0.05, 0) is 31.5 Å². The molecule has 3 heterocycles. The topological polar surface area (TPSA) is 107 Å². The molecule has 32 heavy (non-hydrogen) atoms. The Morgan fingerprint density at radius 1 is 1.25 bits per heavy atom. The number of urea groups is 1. The Bertz CT molecular complexity index is 1130. The fourth-order valence-electron chi connectivity index (χ4n) is 2.88. The SMILES string of the molecule is CCOc1cc(NC(=O)NCc2cc(C)c(-c3cn(C)nc3C(F)(F)F)nn2)cc(Cl)n1. The highest BCUT2D eigenvalue weighted by Gasteiger charge is 2.38. The molecule has 0 radical (unpaired) electrons. The van der Waals surface area contributed by atoms with E-state index >= 15 is 0 Å². The number of pyridine rings is 1. The van der Waals surface area contributed by atoms with E-state index < -0.39 is 17.9 Å². The summed E-state index contributed by atoms with van der Waals surface area (Å²) in [5.41, 5.74) is 0.0555. The molecule has 0 atom stereocenters. The predicted octanol–water partition coefficient (Wildman–Crippen LogP) is 3.97. The van der Waals surface area contributed by atoms with E-state index in [2.05, 4.69) is 30.9 Å². The highest BCUT2D eigenvalue weighted by molar-refractivity contribution is 6.29. The van der Waals surface area contributed by atoms with Crippen LogP contribution < -0.4 is 15.4 Å². The van der Waals surface area contributed by atoms with E-state index in [1.54, 1.807) is 19.9 Å². The summed E-state index contributed by atoms with van der Waals surface area (Å²) < 4.78 is 46.1. The zero-order chi connectivity index (χ0) is 23.5. The number of halogens is 4. The maximum absolute atomic E-state index is 13.2. The summed E-state index contributed by atoms with van der Waals surface area (Å²) >= 11 is 5.91. The summed E-state index contributed by atoms with van der Waals surface area (Å²) in [5.74, 6) is 0.265. The number of nitrogens with zero attached hydrogens (tertiary/aromatic N) is 5. The van der Waals surface area contributed by atoms with Crippen molar-refractivity contribution in [2.75, 3.05) is 11.9 Å². The molecule has 0 unspecified atom stereocenters. The van der Waals surface area contributed by atoms with Gasteiger partial charge in [-0.15, -0.1) is 5.10 Å². The fourth-order valence-corrected chi connectivity index (χ4v) is 3.08. The summed E-state index contributed by atoms with van der Waals surface area (Å²) in [7, 11) is 1.39. The first-order valence-electron chi connectivity index (χ1n) is 9.36. The largest absolute Gasteiger partial charge is 0.478 e. The van der Waals surface area contributed by atoms with Gasteiger partial charge in [0.25, 0.3) is 0 Å². The molecule has 0 fully saturated rings. The molecule has 0 spiro atoms. The van der Waals surface area contributed by atoms with Gasteiger partial charge in [-0.2, -0.15) is 23.4 Å². The highest BCUT2D eigenvalue weighted by Crippen LogP contribution is 2.36. The van der Waals surface area contributed by atoms with E-state index in [4.69, 9.17) is 16.3 Å². The molecular formula is C19H19ClF3N7O2. The van der Waals surface area contributed by atoms with Crippen molar-refractivity contribution in [2.24, 2.45) is 7.05 Å². The summed E-state index contributed by atoms with van der Waals surface area (Å²) in [4.78, 5) is 16.2. The first-order valence-corrected chi connectivity index (χ1v) is 9.74.